The normalized spacial score (nSPS) is 11.5. The lowest BCUT2D eigenvalue weighted by Crippen LogP contribution is -2.36. The monoisotopic (exact) mass is 367 g/mol. The Kier molecular flexibility index (Phi) is 6.71. The summed E-state index contributed by atoms with van der Waals surface area (Å²) in [5.74, 6) is -0.625. The van der Waals surface area contributed by atoms with Crippen molar-refractivity contribution in [3.05, 3.63) is 58.9 Å². The Hall–Kier alpha value is -2.90. The second-order valence-corrected chi connectivity index (χ2v) is 5.55. The number of rotatable bonds is 6. The molecule has 5 nitrogen and oxygen atoms in total. The molecule has 0 aliphatic carbocycles. The Morgan fingerprint density at radius 3 is 2.54 bits per heavy atom. The summed E-state index contributed by atoms with van der Waals surface area (Å²) < 4.78 is 42.9. The van der Waals surface area contributed by atoms with Gasteiger partial charge in [-0.1, -0.05) is 23.8 Å². The number of benzene rings is 2. The van der Waals surface area contributed by atoms with Crippen molar-refractivity contribution < 1.29 is 23.0 Å². The number of aliphatic imine (C=N–C) groups is 1. The van der Waals surface area contributed by atoms with Crippen molar-refractivity contribution in [3.63, 3.8) is 0 Å². The molecule has 140 valence electrons. The van der Waals surface area contributed by atoms with Crippen LogP contribution in [0.1, 0.15) is 16.7 Å². The van der Waals surface area contributed by atoms with Gasteiger partial charge >= 0.3 is 6.61 Å². The quantitative estimate of drug-likeness (QED) is 0.541. The first-order chi connectivity index (χ1) is 12.4. The van der Waals surface area contributed by atoms with Gasteiger partial charge in [-0.15, -0.1) is 0 Å². The molecular formula is C18H20F3N3O2. The first kappa shape index (κ1) is 19.4. The molecule has 0 aliphatic rings. The number of hydrogen-bond acceptors (Lipinski definition) is 3. The summed E-state index contributed by atoms with van der Waals surface area (Å²) in [6, 6.07) is 8.98. The van der Waals surface area contributed by atoms with Gasteiger partial charge in [0.1, 0.15) is 5.75 Å². The van der Waals surface area contributed by atoms with E-state index in [2.05, 4.69) is 20.4 Å². The molecule has 0 saturated heterocycles. The fraction of sp³-hybridized carbons (Fsp3) is 0.278. The third-order valence-electron chi connectivity index (χ3n) is 3.57. The number of alkyl halides is 2. The number of aryl methyl sites for hydroxylation is 1. The highest BCUT2D eigenvalue weighted by Crippen LogP contribution is 2.22. The second kappa shape index (κ2) is 8.98. The largest absolute Gasteiger partial charge is 0.505 e. The highest BCUT2D eigenvalue weighted by atomic mass is 19.3. The van der Waals surface area contributed by atoms with E-state index in [-0.39, 0.29) is 18.8 Å². The van der Waals surface area contributed by atoms with Crippen molar-refractivity contribution in [2.24, 2.45) is 4.99 Å². The summed E-state index contributed by atoms with van der Waals surface area (Å²) in [6.45, 7) is -0.571. The number of halogens is 3. The highest BCUT2D eigenvalue weighted by Gasteiger charge is 2.10. The molecule has 0 amide bonds. The summed E-state index contributed by atoms with van der Waals surface area (Å²) in [5, 5.41) is 15.2. The Bertz CT molecular complexity index is 782. The molecule has 0 unspecified atom stereocenters. The predicted molar refractivity (Wildman–Crippen MR) is 92.9 cm³/mol. The summed E-state index contributed by atoms with van der Waals surface area (Å²) >= 11 is 0. The number of phenols is 1. The minimum Gasteiger partial charge on any atom is -0.505 e. The van der Waals surface area contributed by atoms with Crippen molar-refractivity contribution >= 4 is 5.96 Å². The SMILES string of the molecule is CN=C(NCc1ccc(O)c(F)c1)NCc1cc(C)ccc1OC(F)F. The van der Waals surface area contributed by atoms with Crippen molar-refractivity contribution in [1.29, 1.82) is 0 Å². The molecule has 0 bridgehead atoms. The number of ether oxygens (including phenoxy) is 1. The van der Waals surface area contributed by atoms with Crippen LogP contribution in [0.5, 0.6) is 11.5 Å². The van der Waals surface area contributed by atoms with E-state index in [0.717, 1.165) is 5.56 Å². The van der Waals surface area contributed by atoms with Crippen molar-refractivity contribution in [1.82, 2.24) is 10.6 Å². The Morgan fingerprint density at radius 2 is 1.88 bits per heavy atom. The van der Waals surface area contributed by atoms with Gasteiger partial charge in [0.15, 0.2) is 17.5 Å². The average Bonchev–Trinajstić information content (AvgIpc) is 2.59. The molecule has 0 fully saturated rings. The van der Waals surface area contributed by atoms with Crippen LogP contribution in [-0.2, 0) is 13.1 Å². The van der Waals surface area contributed by atoms with Gasteiger partial charge in [-0.05, 0) is 30.7 Å². The van der Waals surface area contributed by atoms with Crippen LogP contribution < -0.4 is 15.4 Å². The van der Waals surface area contributed by atoms with Crippen LogP contribution in [0.25, 0.3) is 0 Å². The molecule has 0 heterocycles. The molecule has 2 aromatic rings. The number of guanidine groups is 1. The smallest absolute Gasteiger partial charge is 0.387 e. The van der Waals surface area contributed by atoms with Crippen molar-refractivity contribution in [3.8, 4) is 11.5 Å². The van der Waals surface area contributed by atoms with E-state index in [1.807, 2.05) is 6.92 Å². The average molecular weight is 367 g/mol. The summed E-state index contributed by atoms with van der Waals surface area (Å²) in [7, 11) is 1.56. The number of hydrogen-bond donors (Lipinski definition) is 3. The van der Waals surface area contributed by atoms with Crippen LogP contribution in [0.3, 0.4) is 0 Å². The molecule has 0 saturated carbocycles. The van der Waals surface area contributed by atoms with Gasteiger partial charge in [-0.2, -0.15) is 8.78 Å². The van der Waals surface area contributed by atoms with E-state index in [1.54, 1.807) is 25.2 Å². The summed E-state index contributed by atoms with van der Waals surface area (Å²) in [4.78, 5) is 4.03. The van der Waals surface area contributed by atoms with E-state index < -0.39 is 18.2 Å². The fourth-order valence-electron chi connectivity index (χ4n) is 2.30. The number of nitrogens with zero attached hydrogens (tertiary/aromatic N) is 1. The number of nitrogens with one attached hydrogen (secondary N) is 2. The standard InChI is InChI=1S/C18H20F3N3O2/c1-11-3-6-16(26-17(20)21)13(7-11)10-24-18(22-2)23-9-12-4-5-15(25)14(19)8-12/h3-8,17,25H,9-10H2,1-2H3,(H2,22,23,24). The van der Waals surface area contributed by atoms with Gasteiger partial charge in [-0.25, -0.2) is 4.39 Å². The molecule has 0 spiro atoms. The maximum atomic E-state index is 13.3. The maximum Gasteiger partial charge on any atom is 0.387 e. The minimum absolute atomic E-state index is 0.0918. The summed E-state index contributed by atoms with van der Waals surface area (Å²) in [6.07, 6.45) is 0. The number of phenolic OH excluding ortho intramolecular Hbond substituents is 1. The molecule has 2 rings (SSSR count). The molecule has 0 atom stereocenters. The minimum atomic E-state index is -2.90. The van der Waals surface area contributed by atoms with E-state index in [1.165, 1.54) is 18.2 Å². The lowest BCUT2D eigenvalue weighted by molar-refractivity contribution is -0.0504. The molecule has 8 heteroatoms. The summed E-state index contributed by atoms with van der Waals surface area (Å²) in [5.41, 5.74) is 2.08. The first-order valence-corrected chi connectivity index (χ1v) is 7.85. The Morgan fingerprint density at radius 1 is 1.15 bits per heavy atom. The van der Waals surface area contributed by atoms with Crippen molar-refractivity contribution in [2.75, 3.05) is 7.05 Å². The van der Waals surface area contributed by atoms with E-state index in [0.29, 0.717) is 17.1 Å². The van der Waals surface area contributed by atoms with Gasteiger partial charge in [0, 0.05) is 25.7 Å². The number of aromatic hydroxyl groups is 1. The highest BCUT2D eigenvalue weighted by molar-refractivity contribution is 5.79. The van der Waals surface area contributed by atoms with Gasteiger partial charge < -0.3 is 20.5 Å². The van der Waals surface area contributed by atoms with Crippen LogP contribution in [0.4, 0.5) is 13.2 Å². The second-order valence-electron chi connectivity index (χ2n) is 5.55. The first-order valence-electron chi connectivity index (χ1n) is 7.85. The van der Waals surface area contributed by atoms with Gasteiger partial charge in [-0.3, -0.25) is 4.99 Å². The predicted octanol–water partition coefficient (Wildman–Crippen LogP) is 3.31. The van der Waals surface area contributed by atoms with E-state index in [4.69, 9.17) is 0 Å². The van der Waals surface area contributed by atoms with Crippen LogP contribution in [0, 0.1) is 12.7 Å². The lowest BCUT2D eigenvalue weighted by Gasteiger charge is -2.15. The molecule has 26 heavy (non-hydrogen) atoms. The van der Waals surface area contributed by atoms with Crippen LogP contribution in [0.2, 0.25) is 0 Å². The third-order valence-corrected chi connectivity index (χ3v) is 3.57. The van der Waals surface area contributed by atoms with E-state index in [9.17, 15) is 18.3 Å². The van der Waals surface area contributed by atoms with Crippen molar-refractivity contribution in [2.45, 2.75) is 26.6 Å². The van der Waals surface area contributed by atoms with Crippen LogP contribution in [-0.4, -0.2) is 24.7 Å². The molecule has 0 radical (unpaired) electrons. The van der Waals surface area contributed by atoms with Crippen LogP contribution in [0.15, 0.2) is 41.4 Å². The molecule has 0 aliphatic heterocycles. The zero-order valence-electron chi connectivity index (χ0n) is 14.4. The van der Waals surface area contributed by atoms with Gasteiger partial charge in [0.25, 0.3) is 0 Å². The molecule has 0 aromatic heterocycles. The molecular weight excluding hydrogens is 347 g/mol. The maximum absolute atomic E-state index is 13.3. The zero-order valence-corrected chi connectivity index (χ0v) is 14.4. The Balaban J connectivity index is 1.98. The van der Waals surface area contributed by atoms with Gasteiger partial charge in [0.05, 0.1) is 0 Å². The Labute approximate surface area is 149 Å². The zero-order chi connectivity index (χ0) is 19.1. The third kappa shape index (κ3) is 5.58. The molecule has 3 N–H and O–H groups in total. The molecule has 2 aromatic carbocycles. The topological polar surface area (TPSA) is 65.9 Å². The fourth-order valence-corrected chi connectivity index (χ4v) is 2.30. The van der Waals surface area contributed by atoms with E-state index >= 15 is 0 Å². The van der Waals surface area contributed by atoms with Gasteiger partial charge in [0.2, 0.25) is 0 Å². The van der Waals surface area contributed by atoms with Crippen LogP contribution >= 0.6 is 0 Å². The lowest BCUT2D eigenvalue weighted by atomic mass is 10.1.